The van der Waals surface area contributed by atoms with Crippen molar-refractivity contribution in [1.29, 1.82) is 0 Å². The summed E-state index contributed by atoms with van der Waals surface area (Å²) >= 11 is 4.75. The third-order valence-electron chi connectivity index (χ3n) is 4.90. The van der Waals surface area contributed by atoms with E-state index in [1.54, 1.807) is 44.5 Å². The van der Waals surface area contributed by atoms with E-state index in [1.165, 1.54) is 22.7 Å². The molecule has 168 valence electrons. The highest BCUT2D eigenvalue weighted by atomic mass is 79.9. The van der Waals surface area contributed by atoms with Crippen LogP contribution in [0.4, 0.5) is 10.1 Å². The van der Waals surface area contributed by atoms with Crippen LogP contribution in [-0.2, 0) is 11.4 Å². The van der Waals surface area contributed by atoms with Gasteiger partial charge in [-0.2, -0.15) is 0 Å². The monoisotopic (exact) mass is 526 g/mol. The lowest BCUT2D eigenvalue weighted by Crippen LogP contribution is -2.23. The maximum Gasteiger partial charge on any atom is 0.266 e. The van der Waals surface area contributed by atoms with Crippen LogP contribution in [0.2, 0.25) is 0 Å². The summed E-state index contributed by atoms with van der Waals surface area (Å²) in [5, 5.41) is 0.570. The molecule has 0 radical (unpaired) electrons. The molecule has 5 nitrogen and oxygen atoms in total. The molecule has 1 heterocycles. The van der Waals surface area contributed by atoms with Crippen molar-refractivity contribution in [3.8, 4) is 11.5 Å². The minimum Gasteiger partial charge on any atom is -0.497 e. The number of carbonyl (C=O) groups is 1. The van der Waals surface area contributed by atoms with Crippen LogP contribution in [0.25, 0.3) is 6.08 Å². The molecule has 3 aromatic carbocycles. The van der Waals surface area contributed by atoms with Gasteiger partial charge < -0.3 is 9.47 Å². The van der Waals surface area contributed by atoms with Crippen LogP contribution in [0.15, 0.2) is 81.1 Å². The van der Waals surface area contributed by atoms with Crippen LogP contribution in [0.3, 0.4) is 0 Å². The highest BCUT2D eigenvalue weighted by molar-refractivity contribution is 9.10. The van der Waals surface area contributed by atoms with Gasteiger partial charge in [-0.15, -0.1) is 0 Å². The van der Waals surface area contributed by atoms with E-state index in [0.717, 1.165) is 15.9 Å². The van der Waals surface area contributed by atoms with E-state index >= 15 is 0 Å². The second-order valence-electron chi connectivity index (χ2n) is 7.13. The zero-order valence-electron chi connectivity index (χ0n) is 17.9. The van der Waals surface area contributed by atoms with E-state index in [4.69, 9.17) is 9.47 Å². The van der Waals surface area contributed by atoms with Gasteiger partial charge >= 0.3 is 0 Å². The van der Waals surface area contributed by atoms with Crippen LogP contribution < -0.4 is 9.47 Å². The number of carbonyl (C=O) groups excluding carboxylic acids is 1. The number of thioether (sulfide) groups is 1. The van der Waals surface area contributed by atoms with Crippen LogP contribution in [0.5, 0.6) is 11.5 Å². The Balaban J connectivity index is 1.59. The summed E-state index contributed by atoms with van der Waals surface area (Å²) in [6.45, 7) is 0.0790. The third-order valence-corrected chi connectivity index (χ3v) is 6.45. The number of aliphatic imine (C=N–C) groups is 1. The molecule has 1 amide bonds. The summed E-state index contributed by atoms with van der Waals surface area (Å²) < 4.78 is 25.9. The van der Waals surface area contributed by atoms with E-state index in [1.807, 2.05) is 36.4 Å². The average Bonchev–Trinajstić information content (AvgIpc) is 3.07. The summed E-state index contributed by atoms with van der Waals surface area (Å²) in [5.74, 6) is 0.801. The molecule has 0 spiro atoms. The highest BCUT2D eigenvalue weighted by Crippen LogP contribution is 2.36. The first-order valence-corrected chi connectivity index (χ1v) is 11.6. The SMILES string of the molecule is COc1ccc(N=C2S/C(=C\c3cc(Br)ccc3OCc3ccccc3F)C(=O)N2C)cc1. The Morgan fingerprint density at radius 1 is 1.12 bits per heavy atom. The minimum atomic E-state index is -0.322. The molecule has 4 rings (SSSR count). The average molecular weight is 527 g/mol. The Morgan fingerprint density at radius 3 is 2.61 bits per heavy atom. The summed E-state index contributed by atoms with van der Waals surface area (Å²) in [5.41, 5.74) is 1.88. The minimum absolute atomic E-state index is 0.0790. The summed E-state index contributed by atoms with van der Waals surface area (Å²) in [7, 11) is 3.29. The molecule has 1 saturated heterocycles. The van der Waals surface area contributed by atoms with Gasteiger partial charge in [0.2, 0.25) is 0 Å². The maximum absolute atomic E-state index is 14.0. The molecule has 0 N–H and O–H groups in total. The van der Waals surface area contributed by atoms with Gasteiger partial charge in [0.15, 0.2) is 5.17 Å². The predicted molar refractivity (Wildman–Crippen MR) is 133 cm³/mol. The van der Waals surface area contributed by atoms with Gasteiger partial charge in [0.05, 0.1) is 17.7 Å². The molecule has 0 aromatic heterocycles. The Labute approximate surface area is 204 Å². The molecule has 0 aliphatic carbocycles. The first-order valence-electron chi connectivity index (χ1n) is 10.0. The van der Waals surface area contributed by atoms with Crippen molar-refractivity contribution in [1.82, 2.24) is 4.90 Å². The topological polar surface area (TPSA) is 51.1 Å². The number of amides is 1. The van der Waals surface area contributed by atoms with Gasteiger partial charge in [0, 0.05) is 22.6 Å². The number of likely N-dealkylation sites (N-methyl/N-ethyl adjacent to an activating group) is 1. The lowest BCUT2D eigenvalue weighted by atomic mass is 10.1. The number of hydrogen-bond acceptors (Lipinski definition) is 5. The molecule has 0 unspecified atom stereocenters. The van der Waals surface area contributed by atoms with E-state index in [0.29, 0.717) is 26.9 Å². The predicted octanol–water partition coefficient (Wildman–Crippen LogP) is 6.41. The van der Waals surface area contributed by atoms with Crippen molar-refractivity contribution < 1.29 is 18.7 Å². The maximum atomic E-state index is 14.0. The van der Waals surface area contributed by atoms with Gasteiger partial charge in [-0.25, -0.2) is 9.38 Å². The van der Waals surface area contributed by atoms with E-state index < -0.39 is 0 Å². The number of rotatable bonds is 6. The molecule has 33 heavy (non-hydrogen) atoms. The molecule has 0 atom stereocenters. The lowest BCUT2D eigenvalue weighted by molar-refractivity contribution is -0.121. The Hall–Kier alpha value is -3.10. The Bertz CT molecular complexity index is 1240. The van der Waals surface area contributed by atoms with Crippen LogP contribution in [0.1, 0.15) is 11.1 Å². The fraction of sp³-hybridized carbons (Fsp3) is 0.120. The van der Waals surface area contributed by atoms with Crippen molar-refractivity contribution in [3.63, 3.8) is 0 Å². The number of methoxy groups -OCH3 is 1. The van der Waals surface area contributed by atoms with Crippen molar-refractivity contribution in [2.24, 2.45) is 4.99 Å². The molecule has 3 aromatic rings. The highest BCUT2D eigenvalue weighted by Gasteiger charge is 2.30. The first kappa shape index (κ1) is 23.1. The molecule has 0 saturated carbocycles. The van der Waals surface area contributed by atoms with Crippen LogP contribution in [-0.4, -0.2) is 30.1 Å². The zero-order valence-corrected chi connectivity index (χ0v) is 20.3. The molecular formula is C25H20BrFN2O3S. The number of benzene rings is 3. The van der Waals surface area contributed by atoms with Crippen molar-refractivity contribution in [2.75, 3.05) is 14.2 Å². The molecule has 1 aliphatic rings. The van der Waals surface area contributed by atoms with E-state index in [9.17, 15) is 9.18 Å². The number of ether oxygens (including phenoxy) is 2. The molecule has 8 heteroatoms. The number of nitrogens with zero attached hydrogens (tertiary/aromatic N) is 2. The quantitative estimate of drug-likeness (QED) is 0.348. The second-order valence-corrected chi connectivity index (χ2v) is 9.05. The normalized spacial score (nSPS) is 16.0. The number of amidine groups is 1. The van der Waals surface area contributed by atoms with E-state index in [-0.39, 0.29) is 18.3 Å². The van der Waals surface area contributed by atoms with Gasteiger partial charge in [0.25, 0.3) is 5.91 Å². The molecule has 1 fully saturated rings. The van der Waals surface area contributed by atoms with Crippen molar-refractivity contribution in [3.05, 3.63) is 93.1 Å². The summed E-state index contributed by atoms with van der Waals surface area (Å²) in [6.07, 6.45) is 1.77. The second kappa shape index (κ2) is 10.2. The van der Waals surface area contributed by atoms with E-state index in [2.05, 4.69) is 20.9 Å². The van der Waals surface area contributed by atoms with Gasteiger partial charge in [-0.3, -0.25) is 9.69 Å². The molecular weight excluding hydrogens is 507 g/mol. The summed E-state index contributed by atoms with van der Waals surface area (Å²) in [6, 6.07) is 19.3. The van der Waals surface area contributed by atoms with Gasteiger partial charge in [-0.05, 0) is 66.4 Å². The first-order chi connectivity index (χ1) is 15.9. The zero-order chi connectivity index (χ0) is 23.4. The van der Waals surface area contributed by atoms with Gasteiger partial charge in [-0.1, -0.05) is 34.1 Å². The molecule has 1 aliphatic heterocycles. The van der Waals surface area contributed by atoms with Crippen LogP contribution in [0, 0.1) is 5.82 Å². The van der Waals surface area contributed by atoms with Crippen molar-refractivity contribution >= 4 is 50.5 Å². The number of hydrogen-bond donors (Lipinski definition) is 0. The third kappa shape index (κ3) is 5.46. The largest absolute Gasteiger partial charge is 0.497 e. The Kier molecular flexibility index (Phi) is 7.15. The van der Waals surface area contributed by atoms with Crippen molar-refractivity contribution in [2.45, 2.75) is 6.61 Å². The van der Waals surface area contributed by atoms with Crippen LogP contribution >= 0.6 is 27.7 Å². The lowest BCUT2D eigenvalue weighted by Gasteiger charge is -2.11. The number of halogens is 2. The summed E-state index contributed by atoms with van der Waals surface area (Å²) in [4.78, 5) is 19.5. The van der Waals surface area contributed by atoms with Gasteiger partial charge in [0.1, 0.15) is 23.9 Å². The Morgan fingerprint density at radius 2 is 1.88 bits per heavy atom. The molecule has 0 bridgehead atoms. The fourth-order valence-electron chi connectivity index (χ4n) is 3.09. The smallest absolute Gasteiger partial charge is 0.266 e. The standard InChI is InChI=1S/C25H20BrFN2O3S/c1-29-24(30)23(33-25(29)28-19-8-10-20(31-2)11-9-19)14-17-13-18(26)7-12-22(17)32-15-16-5-3-4-6-21(16)27/h3-14H,15H2,1-2H3/b23-14-,28-25?. The fourth-order valence-corrected chi connectivity index (χ4v) is 4.45.